The van der Waals surface area contributed by atoms with Gasteiger partial charge in [-0.15, -0.1) is 0 Å². The third-order valence-corrected chi connectivity index (χ3v) is 2.94. The van der Waals surface area contributed by atoms with Crippen molar-refractivity contribution in [3.05, 3.63) is 29.8 Å². The van der Waals surface area contributed by atoms with Crippen molar-refractivity contribution in [1.29, 1.82) is 0 Å². The molecule has 1 atom stereocenters. The molecule has 0 radical (unpaired) electrons. The van der Waals surface area contributed by atoms with Crippen LogP contribution >= 0.6 is 0 Å². The third kappa shape index (κ3) is 3.92. The number of urea groups is 1. The monoisotopic (exact) mass is 249 g/mol. The van der Waals surface area contributed by atoms with E-state index in [1.807, 2.05) is 24.3 Å². The summed E-state index contributed by atoms with van der Waals surface area (Å²) in [4.78, 5) is 11.5. The maximum Gasteiger partial charge on any atom is 0.315 e. The fourth-order valence-corrected chi connectivity index (χ4v) is 1.89. The zero-order chi connectivity index (χ0) is 12.8. The van der Waals surface area contributed by atoms with Crippen molar-refractivity contribution in [2.45, 2.75) is 18.9 Å². The van der Waals surface area contributed by atoms with Gasteiger partial charge in [0.2, 0.25) is 0 Å². The minimum absolute atomic E-state index is 0.124. The van der Waals surface area contributed by atoms with Gasteiger partial charge in [0, 0.05) is 18.8 Å². The van der Waals surface area contributed by atoms with E-state index in [4.69, 9.17) is 10.5 Å². The molecule has 1 aromatic rings. The van der Waals surface area contributed by atoms with Gasteiger partial charge in [0.25, 0.3) is 0 Å². The first-order chi connectivity index (χ1) is 8.74. The first-order valence-electron chi connectivity index (χ1n) is 6.20. The summed E-state index contributed by atoms with van der Waals surface area (Å²) in [5.41, 5.74) is 7.52. The van der Waals surface area contributed by atoms with E-state index in [-0.39, 0.29) is 12.1 Å². The second kappa shape index (κ2) is 6.26. The van der Waals surface area contributed by atoms with Gasteiger partial charge in [-0.05, 0) is 30.5 Å². The molecule has 2 amide bonds. The predicted molar refractivity (Wildman–Crippen MR) is 70.3 cm³/mol. The van der Waals surface area contributed by atoms with E-state index in [1.54, 1.807) is 0 Å². The topological polar surface area (TPSA) is 76.4 Å². The lowest BCUT2D eigenvalue weighted by Gasteiger charge is -2.11. The Hall–Kier alpha value is -1.75. The first kappa shape index (κ1) is 12.7. The molecular formula is C13H19N3O2. The molecule has 1 fully saturated rings. The fraction of sp³-hybridized carbons (Fsp3) is 0.462. The van der Waals surface area contributed by atoms with Gasteiger partial charge in [0.15, 0.2) is 0 Å². The van der Waals surface area contributed by atoms with Crippen LogP contribution in [0.1, 0.15) is 12.0 Å². The highest BCUT2D eigenvalue weighted by Crippen LogP contribution is 2.05. The zero-order valence-electron chi connectivity index (χ0n) is 10.3. The number of amides is 2. The number of benzene rings is 1. The summed E-state index contributed by atoms with van der Waals surface area (Å²) in [6, 6.07) is 7.71. The van der Waals surface area contributed by atoms with Gasteiger partial charge in [-0.3, -0.25) is 0 Å². The predicted octanol–water partition coefficient (Wildman–Crippen LogP) is 0.899. The van der Waals surface area contributed by atoms with Gasteiger partial charge in [0.1, 0.15) is 0 Å². The van der Waals surface area contributed by atoms with Crippen molar-refractivity contribution in [2.24, 2.45) is 0 Å². The summed E-state index contributed by atoms with van der Waals surface area (Å²) in [6.45, 7) is 1.96. The molecule has 4 N–H and O–H groups in total. The smallest absolute Gasteiger partial charge is 0.315 e. The van der Waals surface area contributed by atoms with Gasteiger partial charge < -0.3 is 21.1 Å². The molecule has 1 aliphatic rings. The Kier molecular flexibility index (Phi) is 4.41. The number of rotatable bonds is 4. The molecule has 98 valence electrons. The summed E-state index contributed by atoms with van der Waals surface area (Å²) in [6.07, 6.45) is 1.69. The highest BCUT2D eigenvalue weighted by atomic mass is 16.5. The van der Waals surface area contributed by atoms with Crippen molar-refractivity contribution in [3.8, 4) is 0 Å². The van der Waals surface area contributed by atoms with E-state index in [1.165, 1.54) is 0 Å². The lowest BCUT2D eigenvalue weighted by molar-refractivity contribution is 0.188. The van der Waals surface area contributed by atoms with Crippen molar-refractivity contribution >= 4 is 11.7 Å². The minimum Gasteiger partial charge on any atom is -0.399 e. The lowest BCUT2D eigenvalue weighted by Crippen LogP contribution is -2.42. The Balaban J connectivity index is 1.65. The van der Waals surface area contributed by atoms with E-state index in [0.29, 0.717) is 13.2 Å². The van der Waals surface area contributed by atoms with Crippen LogP contribution in [0.3, 0.4) is 0 Å². The van der Waals surface area contributed by atoms with Crippen LogP contribution in [0.15, 0.2) is 24.3 Å². The second-order valence-corrected chi connectivity index (χ2v) is 4.45. The summed E-state index contributed by atoms with van der Waals surface area (Å²) < 4.78 is 5.19. The summed E-state index contributed by atoms with van der Waals surface area (Å²) in [5, 5.41) is 5.71. The molecule has 1 saturated heterocycles. The number of hydrogen-bond acceptors (Lipinski definition) is 3. The number of anilines is 1. The normalized spacial score (nSPS) is 18.6. The van der Waals surface area contributed by atoms with E-state index in [9.17, 15) is 4.79 Å². The van der Waals surface area contributed by atoms with Crippen LogP contribution in [0.5, 0.6) is 0 Å². The van der Waals surface area contributed by atoms with Crippen molar-refractivity contribution in [2.75, 3.05) is 25.5 Å². The summed E-state index contributed by atoms with van der Waals surface area (Å²) >= 11 is 0. The van der Waals surface area contributed by atoms with Crippen molar-refractivity contribution < 1.29 is 9.53 Å². The molecule has 18 heavy (non-hydrogen) atoms. The maximum absolute atomic E-state index is 11.5. The highest BCUT2D eigenvalue weighted by molar-refractivity contribution is 5.74. The molecular weight excluding hydrogens is 230 g/mol. The van der Waals surface area contributed by atoms with E-state index in [0.717, 1.165) is 30.7 Å². The summed E-state index contributed by atoms with van der Waals surface area (Å²) in [7, 11) is 0. The largest absolute Gasteiger partial charge is 0.399 e. The molecule has 1 aliphatic heterocycles. The summed E-state index contributed by atoms with van der Waals surface area (Å²) in [5.74, 6) is 0. The molecule has 1 heterocycles. The van der Waals surface area contributed by atoms with E-state index >= 15 is 0 Å². The molecule has 0 saturated carbocycles. The Bertz CT molecular complexity index is 386. The molecule has 1 aromatic carbocycles. The number of hydrogen-bond donors (Lipinski definition) is 3. The van der Waals surface area contributed by atoms with Crippen LogP contribution in [0.2, 0.25) is 0 Å². The van der Waals surface area contributed by atoms with Crippen molar-refractivity contribution in [3.63, 3.8) is 0 Å². The Morgan fingerprint density at radius 3 is 2.83 bits per heavy atom. The van der Waals surface area contributed by atoms with Crippen LogP contribution in [-0.4, -0.2) is 31.8 Å². The Morgan fingerprint density at radius 1 is 1.39 bits per heavy atom. The number of nitrogen functional groups attached to an aromatic ring is 1. The third-order valence-electron chi connectivity index (χ3n) is 2.94. The van der Waals surface area contributed by atoms with Gasteiger partial charge in [-0.1, -0.05) is 12.1 Å². The zero-order valence-corrected chi connectivity index (χ0v) is 10.3. The molecule has 0 aromatic heterocycles. The van der Waals surface area contributed by atoms with E-state index < -0.39 is 0 Å². The first-order valence-corrected chi connectivity index (χ1v) is 6.20. The molecule has 0 spiro atoms. The molecule has 5 nitrogen and oxygen atoms in total. The Labute approximate surface area is 107 Å². The number of carbonyl (C=O) groups excluding carboxylic acids is 1. The average molecular weight is 249 g/mol. The van der Waals surface area contributed by atoms with Crippen LogP contribution in [0, 0.1) is 0 Å². The van der Waals surface area contributed by atoms with Gasteiger partial charge >= 0.3 is 6.03 Å². The molecule has 2 rings (SSSR count). The fourth-order valence-electron chi connectivity index (χ4n) is 1.89. The average Bonchev–Trinajstić information content (AvgIpc) is 2.84. The van der Waals surface area contributed by atoms with Crippen LogP contribution < -0.4 is 16.4 Å². The van der Waals surface area contributed by atoms with Gasteiger partial charge in [0.05, 0.1) is 12.6 Å². The van der Waals surface area contributed by atoms with E-state index in [2.05, 4.69) is 10.6 Å². The van der Waals surface area contributed by atoms with Crippen LogP contribution in [0.25, 0.3) is 0 Å². The van der Waals surface area contributed by atoms with Crippen LogP contribution in [0.4, 0.5) is 10.5 Å². The minimum atomic E-state index is -0.124. The number of carbonyl (C=O) groups is 1. The highest BCUT2D eigenvalue weighted by Gasteiger charge is 2.17. The molecule has 1 unspecified atom stereocenters. The quantitative estimate of drug-likeness (QED) is 0.694. The lowest BCUT2D eigenvalue weighted by atomic mass is 10.1. The number of nitrogens with one attached hydrogen (secondary N) is 2. The maximum atomic E-state index is 11.5. The Morgan fingerprint density at radius 2 is 2.17 bits per heavy atom. The van der Waals surface area contributed by atoms with Crippen molar-refractivity contribution in [1.82, 2.24) is 10.6 Å². The SMILES string of the molecule is Nc1ccc(CCNC(=O)NC2CCOC2)cc1. The van der Waals surface area contributed by atoms with Gasteiger partial charge in [-0.25, -0.2) is 4.79 Å². The molecule has 0 bridgehead atoms. The number of ether oxygens (including phenoxy) is 1. The van der Waals surface area contributed by atoms with Gasteiger partial charge in [-0.2, -0.15) is 0 Å². The standard InChI is InChI=1S/C13H19N3O2/c14-11-3-1-10(2-4-11)5-7-15-13(17)16-12-6-8-18-9-12/h1-4,12H,5-9,14H2,(H2,15,16,17). The number of nitrogens with two attached hydrogens (primary N) is 1. The van der Waals surface area contributed by atoms with Crippen LogP contribution in [-0.2, 0) is 11.2 Å². The molecule has 5 heteroatoms. The molecule has 0 aliphatic carbocycles. The second-order valence-electron chi connectivity index (χ2n) is 4.45.